The van der Waals surface area contributed by atoms with Gasteiger partial charge in [0.1, 0.15) is 10.7 Å². The van der Waals surface area contributed by atoms with Crippen LogP contribution in [0.3, 0.4) is 0 Å². The molecule has 0 saturated heterocycles. The fourth-order valence-corrected chi connectivity index (χ4v) is 3.14. The van der Waals surface area contributed by atoms with Gasteiger partial charge in [-0.25, -0.2) is 4.79 Å². The molecule has 1 fully saturated rings. The van der Waals surface area contributed by atoms with Gasteiger partial charge in [0.15, 0.2) is 0 Å². The normalized spacial score (nSPS) is 14.9. The predicted octanol–water partition coefficient (Wildman–Crippen LogP) is 3.68. The zero-order valence-electron chi connectivity index (χ0n) is 15.7. The summed E-state index contributed by atoms with van der Waals surface area (Å²) in [6, 6.07) is 9.15. The van der Waals surface area contributed by atoms with E-state index in [1.165, 1.54) is 0 Å². The van der Waals surface area contributed by atoms with Crippen molar-refractivity contribution >= 4 is 23.5 Å². The molecule has 1 aromatic carbocycles. The number of halogens is 1. The monoisotopic (exact) mass is 389 g/mol. The standard InChI is InChI=1S/C20H24ClN3O3/c1-12(2)11-24-18(21)16(13(3)23-24)20(26)27-17(14-7-5-4-6-8-14)19(25)22-15-9-10-15/h4-8,12,15,17H,9-11H2,1-3H3,(H,22,25)/t17-/m1/s1. The molecule has 27 heavy (non-hydrogen) atoms. The van der Waals surface area contributed by atoms with Crippen molar-refractivity contribution in [1.82, 2.24) is 15.1 Å². The second-order valence-electron chi connectivity index (χ2n) is 7.31. The highest BCUT2D eigenvalue weighted by Crippen LogP contribution is 2.27. The highest BCUT2D eigenvalue weighted by atomic mass is 35.5. The lowest BCUT2D eigenvalue weighted by Gasteiger charge is -2.18. The van der Waals surface area contributed by atoms with Crippen LogP contribution in [0.4, 0.5) is 0 Å². The van der Waals surface area contributed by atoms with Gasteiger partial charge in [0, 0.05) is 18.2 Å². The topological polar surface area (TPSA) is 73.2 Å². The molecule has 1 saturated carbocycles. The molecule has 1 amide bonds. The van der Waals surface area contributed by atoms with E-state index < -0.39 is 12.1 Å². The molecule has 0 radical (unpaired) electrons. The molecule has 1 aliphatic carbocycles. The van der Waals surface area contributed by atoms with Crippen molar-refractivity contribution in [3.63, 3.8) is 0 Å². The van der Waals surface area contributed by atoms with Gasteiger partial charge in [0.2, 0.25) is 6.10 Å². The Bertz CT molecular complexity index is 828. The molecule has 7 heteroatoms. The summed E-state index contributed by atoms with van der Waals surface area (Å²) in [5.74, 6) is -0.639. The smallest absolute Gasteiger partial charge is 0.344 e. The maximum Gasteiger partial charge on any atom is 0.344 e. The summed E-state index contributed by atoms with van der Waals surface area (Å²) in [7, 11) is 0. The van der Waals surface area contributed by atoms with Crippen LogP contribution >= 0.6 is 11.6 Å². The van der Waals surface area contributed by atoms with E-state index in [-0.39, 0.29) is 22.7 Å². The van der Waals surface area contributed by atoms with Gasteiger partial charge >= 0.3 is 5.97 Å². The molecule has 1 N–H and O–H groups in total. The molecule has 144 valence electrons. The molecule has 1 atom stereocenters. The quantitative estimate of drug-likeness (QED) is 0.733. The number of ether oxygens (including phenoxy) is 1. The van der Waals surface area contributed by atoms with Crippen molar-refractivity contribution < 1.29 is 14.3 Å². The molecule has 2 aromatic rings. The van der Waals surface area contributed by atoms with E-state index in [1.54, 1.807) is 35.9 Å². The van der Waals surface area contributed by atoms with Crippen LogP contribution in [0.1, 0.15) is 54.4 Å². The fraction of sp³-hybridized carbons (Fsp3) is 0.450. The summed E-state index contributed by atoms with van der Waals surface area (Å²) in [6.07, 6.45) is 0.880. The van der Waals surface area contributed by atoms with E-state index in [1.807, 2.05) is 19.9 Å². The number of carbonyl (C=O) groups excluding carboxylic acids is 2. The minimum atomic E-state index is -1.02. The van der Waals surface area contributed by atoms with Gasteiger partial charge < -0.3 is 10.1 Å². The molecule has 1 aromatic heterocycles. The largest absolute Gasteiger partial charge is 0.444 e. The van der Waals surface area contributed by atoms with E-state index in [0.717, 1.165) is 12.8 Å². The van der Waals surface area contributed by atoms with Gasteiger partial charge in [0.05, 0.1) is 5.69 Å². The number of nitrogens with zero attached hydrogens (tertiary/aromatic N) is 2. The van der Waals surface area contributed by atoms with Gasteiger partial charge in [-0.15, -0.1) is 0 Å². The van der Waals surface area contributed by atoms with Gasteiger partial charge in [-0.05, 0) is 25.7 Å². The Kier molecular flexibility index (Phi) is 5.85. The predicted molar refractivity (Wildman–Crippen MR) is 103 cm³/mol. The van der Waals surface area contributed by atoms with E-state index in [4.69, 9.17) is 16.3 Å². The zero-order chi connectivity index (χ0) is 19.6. The molecule has 1 heterocycles. The van der Waals surface area contributed by atoms with Crippen LogP contribution < -0.4 is 5.32 Å². The molecule has 0 bridgehead atoms. The molecule has 0 aliphatic heterocycles. The first-order chi connectivity index (χ1) is 12.9. The van der Waals surface area contributed by atoms with E-state index in [2.05, 4.69) is 10.4 Å². The second-order valence-corrected chi connectivity index (χ2v) is 7.66. The second kappa shape index (κ2) is 8.13. The average molecular weight is 390 g/mol. The Morgan fingerprint density at radius 1 is 1.30 bits per heavy atom. The van der Waals surface area contributed by atoms with Crippen molar-refractivity contribution in [2.75, 3.05) is 0 Å². The number of aryl methyl sites for hydroxylation is 1. The third kappa shape index (κ3) is 4.69. The Morgan fingerprint density at radius 3 is 2.56 bits per heavy atom. The molecule has 3 rings (SSSR count). The van der Waals surface area contributed by atoms with Crippen LogP contribution in [0.15, 0.2) is 30.3 Å². The summed E-state index contributed by atoms with van der Waals surface area (Å²) in [6.45, 7) is 6.39. The fourth-order valence-electron chi connectivity index (χ4n) is 2.82. The highest BCUT2D eigenvalue weighted by Gasteiger charge is 2.32. The first-order valence-corrected chi connectivity index (χ1v) is 9.53. The number of esters is 1. The van der Waals surface area contributed by atoms with Crippen LogP contribution in [0, 0.1) is 12.8 Å². The number of carbonyl (C=O) groups is 2. The van der Waals surface area contributed by atoms with Crippen molar-refractivity contribution in [3.05, 3.63) is 52.3 Å². The third-order valence-corrected chi connectivity index (χ3v) is 4.68. The average Bonchev–Trinajstić information content (AvgIpc) is 3.38. The number of rotatable bonds is 7. The van der Waals surface area contributed by atoms with Gasteiger partial charge in [-0.2, -0.15) is 5.10 Å². The Labute approximate surface area is 163 Å². The first-order valence-electron chi connectivity index (χ1n) is 9.16. The summed E-state index contributed by atoms with van der Waals surface area (Å²) < 4.78 is 7.20. The van der Waals surface area contributed by atoms with Crippen molar-refractivity contribution in [2.45, 2.75) is 52.3 Å². The van der Waals surface area contributed by atoms with Crippen LogP contribution in [0.2, 0.25) is 5.15 Å². The van der Waals surface area contributed by atoms with E-state index >= 15 is 0 Å². The first kappa shape index (κ1) is 19.4. The number of benzene rings is 1. The van der Waals surface area contributed by atoms with Gasteiger partial charge in [-0.1, -0.05) is 55.8 Å². The Hall–Kier alpha value is -2.34. The summed E-state index contributed by atoms with van der Waals surface area (Å²) in [5, 5.41) is 7.47. The molecular formula is C20H24ClN3O3. The number of aromatic nitrogens is 2. The van der Waals surface area contributed by atoms with Crippen LogP contribution in [-0.4, -0.2) is 27.7 Å². The molecule has 0 unspecified atom stereocenters. The van der Waals surface area contributed by atoms with E-state index in [9.17, 15) is 9.59 Å². The van der Waals surface area contributed by atoms with Crippen LogP contribution in [0.25, 0.3) is 0 Å². The number of hydrogen-bond acceptors (Lipinski definition) is 4. The highest BCUT2D eigenvalue weighted by molar-refractivity contribution is 6.32. The van der Waals surface area contributed by atoms with Gasteiger partial charge in [-0.3, -0.25) is 9.48 Å². The summed E-state index contributed by atoms with van der Waals surface area (Å²) >= 11 is 6.37. The number of hydrogen-bond donors (Lipinski definition) is 1. The molecular weight excluding hydrogens is 366 g/mol. The minimum Gasteiger partial charge on any atom is -0.444 e. The van der Waals surface area contributed by atoms with Crippen molar-refractivity contribution in [3.8, 4) is 0 Å². The van der Waals surface area contributed by atoms with Gasteiger partial charge in [0.25, 0.3) is 5.91 Å². The van der Waals surface area contributed by atoms with Crippen molar-refractivity contribution in [2.24, 2.45) is 5.92 Å². The third-order valence-electron chi connectivity index (χ3n) is 4.30. The summed E-state index contributed by atoms with van der Waals surface area (Å²) in [5.41, 5.74) is 1.31. The lowest BCUT2D eigenvalue weighted by atomic mass is 10.1. The Balaban J connectivity index is 1.84. The molecule has 6 nitrogen and oxygen atoms in total. The SMILES string of the molecule is Cc1nn(CC(C)C)c(Cl)c1C(=O)O[C@@H](C(=O)NC1CC1)c1ccccc1. The van der Waals surface area contributed by atoms with E-state index in [0.29, 0.717) is 23.7 Å². The zero-order valence-corrected chi connectivity index (χ0v) is 16.5. The minimum absolute atomic E-state index is 0.168. The lowest BCUT2D eigenvalue weighted by molar-refractivity contribution is -0.130. The maximum absolute atomic E-state index is 12.8. The van der Waals surface area contributed by atoms with Crippen LogP contribution in [0.5, 0.6) is 0 Å². The summed E-state index contributed by atoms with van der Waals surface area (Å²) in [4.78, 5) is 25.5. The van der Waals surface area contributed by atoms with Crippen LogP contribution in [-0.2, 0) is 16.1 Å². The maximum atomic E-state index is 12.8. The number of amides is 1. The lowest BCUT2D eigenvalue weighted by Crippen LogP contribution is -2.33. The van der Waals surface area contributed by atoms with Crippen molar-refractivity contribution in [1.29, 1.82) is 0 Å². The Morgan fingerprint density at radius 2 is 1.96 bits per heavy atom. The number of nitrogens with one attached hydrogen (secondary N) is 1. The molecule has 0 spiro atoms. The molecule has 1 aliphatic rings.